The summed E-state index contributed by atoms with van der Waals surface area (Å²) in [6.07, 6.45) is 0.332. The first kappa shape index (κ1) is 20.1. The lowest BCUT2D eigenvalue weighted by Gasteiger charge is -2.38. The van der Waals surface area contributed by atoms with Gasteiger partial charge in [0.1, 0.15) is 6.04 Å². The molecule has 1 aliphatic heterocycles. The molecule has 0 saturated carbocycles. The molecule has 1 aliphatic rings. The minimum atomic E-state index is -1.12. The Labute approximate surface area is 156 Å². The highest BCUT2D eigenvalue weighted by Gasteiger charge is 2.39. The number of nitrogens with zero attached hydrogens (tertiary/aromatic N) is 1. The van der Waals surface area contributed by atoms with Crippen LogP contribution in [0.5, 0.6) is 0 Å². The predicted molar refractivity (Wildman–Crippen MR) is 97.6 cm³/mol. The van der Waals surface area contributed by atoms with Gasteiger partial charge >= 0.3 is 5.97 Å². The average Bonchev–Trinajstić information content (AvgIpc) is 2.60. The van der Waals surface area contributed by atoms with Crippen molar-refractivity contribution in [2.24, 2.45) is 0 Å². The molecule has 26 heavy (non-hydrogen) atoms. The molecule has 140 valence electrons. The molecule has 1 amide bonds. The van der Waals surface area contributed by atoms with Gasteiger partial charge in [-0.3, -0.25) is 24.1 Å². The number of carbonyl (C=O) groups excluding carboxylic acids is 3. The predicted octanol–water partition coefficient (Wildman–Crippen LogP) is 1.07. The van der Waals surface area contributed by atoms with Crippen LogP contribution in [0.1, 0.15) is 25.3 Å². The summed E-state index contributed by atoms with van der Waals surface area (Å²) >= 11 is 1.07. The van der Waals surface area contributed by atoms with E-state index >= 15 is 0 Å². The quantitative estimate of drug-likeness (QED) is 0.697. The van der Waals surface area contributed by atoms with E-state index < -0.39 is 18.1 Å². The number of Topliss-reactive ketones (excluding diaryl/α,β-unsaturated/α-hetero) is 1. The zero-order valence-electron chi connectivity index (χ0n) is 14.5. The van der Waals surface area contributed by atoms with Crippen LogP contribution >= 0.6 is 11.8 Å². The van der Waals surface area contributed by atoms with Gasteiger partial charge in [0, 0.05) is 19.1 Å². The van der Waals surface area contributed by atoms with Crippen LogP contribution in [-0.2, 0) is 25.6 Å². The van der Waals surface area contributed by atoms with Crippen molar-refractivity contribution in [3.05, 3.63) is 35.9 Å². The third-order valence-electron chi connectivity index (χ3n) is 4.22. The fourth-order valence-corrected chi connectivity index (χ4v) is 3.52. The summed E-state index contributed by atoms with van der Waals surface area (Å²) < 4.78 is 0. The van der Waals surface area contributed by atoms with Crippen molar-refractivity contribution in [2.45, 2.75) is 38.3 Å². The number of hydrogen-bond acceptors (Lipinski definition) is 6. The molecule has 1 heterocycles. The summed E-state index contributed by atoms with van der Waals surface area (Å²) in [6, 6.07) is 7.62. The lowest BCUT2D eigenvalue weighted by molar-refractivity contribution is -0.151. The van der Waals surface area contributed by atoms with Crippen molar-refractivity contribution < 1.29 is 24.3 Å². The molecule has 8 heteroatoms. The van der Waals surface area contributed by atoms with Gasteiger partial charge in [-0.15, -0.1) is 0 Å². The summed E-state index contributed by atoms with van der Waals surface area (Å²) in [7, 11) is 0. The Hall–Kier alpha value is -2.19. The molecule has 0 bridgehead atoms. The van der Waals surface area contributed by atoms with Crippen molar-refractivity contribution in [1.29, 1.82) is 0 Å². The van der Waals surface area contributed by atoms with Crippen molar-refractivity contribution in [3.63, 3.8) is 0 Å². The van der Waals surface area contributed by atoms with Crippen LogP contribution in [0, 0.1) is 0 Å². The van der Waals surface area contributed by atoms with E-state index in [9.17, 15) is 24.3 Å². The number of hydrogen-bond donors (Lipinski definition) is 2. The number of nitrogens with one attached hydrogen (secondary N) is 1. The second-order valence-corrected chi connectivity index (χ2v) is 7.36. The van der Waals surface area contributed by atoms with Crippen molar-refractivity contribution in [2.75, 3.05) is 12.4 Å². The van der Waals surface area contributed by atoms with E-state index in [-0.39, 0.29) is 36.3 Å². The highest BCUT2D eigenvalue weighted by Crippen LogP contribution is 2.20. The molecule has 1 fully saturated rings. The van der Waals surface area contributed by atoms with E-state index in [4.69, 9.17) is 0 Å². The summed E-state index contributed by atoms with van der Waals surface area (Å²) in [5, 5.41) is 12.1. The largest absolute Gasteiger partial charge is 0.480 e. The molecule has 2 N–H and O–H groups in total. The Balaban J connectivity index is 2.20. The molecule has 0 aliphatic carbocycles. The van der Waals surface area contributed by atoms with Gasteiger partial charge < -0.3 is 10.4 Å². The van der Waals surface area contributed by atoms with Gasteiger partial charge in [-0.1, -0.05) is 42.1 Å². The van der Waals surface area contributed by atoms with Crippen LogP contribution in [0.25, 0.3) is 0 Å². The lowest BCUT2D eigenvalue weighted by Crippen LogP contribution is -2.60. The summed E-state index contributed by atoms with van der Waals surface area (Å²) in [4.78, 5) is 48.6. The summed E-state index contributed by atoms with van der Waals surface area (Å²) in [5.41, 5.74) is 0.908. The molecule has 1 aromatic carbocycles. The Morgan fingerprint density at radius 1 is 1.31 bits per heavy atom. The average molecular weight is 378 g/mol. The number of carboxylic acids is 1. The monoisotopic (exact) mass is 378 g/mol. The maximum Gasteiger partial charge on any atom is 0.321 e. The van der Waals surface area contributed by atoms with Crippen molar-refractivity contribution in [1.82, 2.24) is 10.2 Å². The molecule has 1 aromatic rings. The van der Waals surface area contributed by atoms with Gasteiger partial charge in [0.2, 0.25) is 5.91 Å². The number of amides is 1. The van der Waals surface area contributed by atoms with Gasteiger partial charge in [0.15, 0.2) is 10.9 Å². The summed E-state index contributed by atoms with van der Waals surface area (Å²) in [6.45, 7) is 1.45. The SMILES string of the molecule is CC(=O)SCCC(=O)[C@H](Cc1ccccc1)N1CNC(=O)C[C@H]1C(=O)O. The maximum atomic E-state index is 12.8. The molecule has 1 saturated heterocycles. The molecule has 0 radical (unpaired) electrons. The first-order valence-corrected chi connectivity index (χ1v) is 9.32. The molecule has 0 spiro atoms. The van der Waals surface area contributed by atoms with Crippen LogP contribution in [-0.4, -0.2) is 57.3 Å². The Bertz CT molecular complexity index is 679. The van der Waals surface area contributed by atoms with Crippen LogP contribution in [0.3, 0.4) is 0 Å². The number of ketones is 1. The number of aliphatic carboxylic acids is 1. The fourth-order valence-electron chi connectivity index (χ4n) is 2.93. The third-order valence-corrected chi connectivity index (χ3v) is 5.04. The molecular formula is C18H22N2O5S. The van der Waals surface area contributed by atoms with Gasteiger partial charge in [0.05, 0.1) is 19.1 Å². The number of carbonyl (C=O) groups is 4. The van der Waals surface area contributed by atoms with Crippen LogP contribution in [0.15, 0.2) is 30.3 Å². The highest BCUT2D eigenvalue weighted by molar-refractivity contribution is 8.13. The molecule has 0 unspecified atom stereocenters. The van der Waals surface area contributed by atoms with Gasteiger partial charge in [-0.25, -0.2) is 0 Å². The standard InChI is InChI=1S/C18H22N2O5S/c1-12(21)26-8-7-16(22)14(9-13-5-3-2-4-6-13)20-11-19-17(23)10-15(20)18(24)25/h2-6,14-15H,7-11H2,1H3,(H,19,23)(H,24,25)/t14-,15-/m0/s1. The molecule has 7 nitrogen and oxygen atoms in total. The lowest BCUT2D eigenvalue weighted by atomic mass is 9.96. The van der Waals surface area contributed by atoms with Crippen LogP contribution in [0.2, 0.25) is 0 Å². The normalized spacial score (nSPS) is 18.8. The van der Waals surface area contributed by atoms with Crippen molar-refractivity contribution in [3.8, 4) is 0 Å². The zero-order chi connectivity index (χ0) is 19.1. The van der Waals surface area contributed by atoms with E-state index in [2.05, 4.69) is 5.32 Å². The van der Waals surface area contributed by atoms with Crippen LogP contribution in [0.4, 0.5) is 0 Å². The maximum absolute atomic E-state index is 12.8. The molecular weight excluding hydrogens is 356 g/mol. The smallest absolute Gasteiger partial charge is 0.321 e. The molecule has 2 atom stereocenters. The molecule has 2 rings (SSSR count). The highest BCUT2D eigenvalue weighted by atomic mass is 32.2. The van der Waals surface area contributed by atoms with Gasteiger partial charge in [-0.2, -0.15) is 0 Å². The third kappa shape index (κ3) is 5.67. The second-order valence-electron chi connectivity index (χ2n) is 6.09. The molecule has 0 aromatic heterocycles. The first-order chi connectivity index (χ1) is 12.4. The van der Waals surface area contributed by atoms with E-state index in [0.29, 0.717) is 12.2 Å². The Kier molecular flexibility index (Phi) is 7.35. The van der Waals surface area contributed by atoms with E-state index in [1.54, 1.807) is 0 Å². The number of benzene rings is 1. The number of rotatable bonds is 8. The van der Waals surface area contributed by atoms with E-state index in [1.807, 2.05) is 30.3 Å². The van der Waals surface area contributed by atoms with Gasteiger partial charge in [-0.05, 0) is 12.0 Å². The van der Waals surface area contributed by atoms with Gasteiger partial charge in [0.25, 0.3) is 0 Å². The minimum absolute atomic E-state index is 0.0128. The van der Waals surface area contributed by atoms with E-state index in [1.165, 1.54) is 11.8 Å². The zero-order valence-corrected chi connectivity index (χ0v) is 15.3. The van der Waals surface area contributed by atoms with Crippen molar-refractivity contribution >= 4 is 34.5 Å². The second kappa shape index (κ2) is 9.49. The topological polar surface area (TPSA) is 104 Å². The van der Waals surface area contributed by atoms with Crippen LogP contribution < -0.4 is 5.32 Å². The Morgan fingerprint density at radius 2 is 2.00 bits per heavy atom. The fraction of sp³-hybridized carbons (Fsp3) is 0.444. The first-order valence-electron chi connectivity index (χ1n) is 8.33. The summed E-state index contributed by atoms with van der Waals surface area (Å²) in [5.74, 6) is -1.24. The minimum Gasteiger partial charge on any atom is -0.480 e. The number of carboxylic acid groups (broad SMARTS) is 1. The Morgan fingerprint density at radius 3 is 2.62 bits per heavy atom. The number of thioether (sulfide) groups is 1. The van der Waals surface area contributed by atoms with E-state index in [0.717, 1.165) is 17.3 Å².